The van der Waals surface area contributed by atoms with Gasteiger partial charge in [-0.2, -0.15) is 0 Å². The number of nitrogens with zero attached hydrogens (tertiary/aromatic N) is 2. The predicted octanol–water partition coefficient (Wildman–Crippen LogP) is 6.79. The zero-order valence-corrected chi connectivity index (χ0v) is 19.9. The molecule has 168 valence electrons. The number of hydrogen-bond acceptors (Lipinski definition) is 2. The standard InChI is InChI=1S/C31H34N2/c1-22-29-19-26-15-16-27(20-28(26)31(22,2)17-18-33(29)21-23-13-14-23)32-30(24-9-5-3-6-10-24)25-11-7-4-8-12-25/h3-12,15-16,20,22-23,29H,13-14,17-19,21H2,1-2H3/t22-,29+,31+/m0/s1. The molecule has 1 saturated heterocycles. The van der Waals surface area contributed by atoms with Gasteiger partial charge >= 0.3 is 0 Å². The zero-order valence-electron chi connectivity index (χ0n) is 19.9. The first-order chi connectivity index (χ1) is 16.1. The highest BCUT2D eigenvalue weighted by molar-refractivity contribution is 6.13. The Morgan fingerprint density at radius 2 is 1.61 bits per heavy atom. The van der Waals surface area contributed by atoms with Crippen molar-refractivity contribution in [1.82, 2.24) is 4.90 Å². The van der Waals surface area contributed by atoms with Gasteiger partial charge in [-0.3, -0.25) is 4.90 Å². The lowest BCUT2D eigenvalue weighted by atomic mass is 9.59. The lowest BCUT2D eigenvalue weighted by Gasteiger charge is -2.54. The fraction of sp³-hybridized carbons (Fsp3) is 0.387. The number of fused-ring (bicyclic) bond motifs is 4. The van der Waals surface area contributed by atoms with Gasteiger partial charge in [-0.25, -0.2) is 4.99 Å². The maximum atomic E-state index is 5.24. The van der Waals surface area contributed by atoms with Gasteiger partial charge in [-0.05, 0) is 72.7 Å². The largest absolute Gasteiger partial charge is 0.299 e. The average Bonchev–Trinajstić information content (AvgIpc) is 3.67. The summed E-state index contributed by atoms with van der Waals surface area (Å²) in [5.74, 6) is 1.65. The van der Waals surface area contributed by atoms with Crippen LogP contribution in [0.25, 0.3) is 0 Å². The number of rotatable bonds is 5. The number of aliphatic imine (C=N–C) groups is 1. The first-order valence-electron chi connectivity index (χ1n) is 12.7. The van der Waals surface area contributed by atoms with Crippen molar-refractivity contribution in [1.29, 1.82) is 0 Å². The lowest BCUT2D eigenvalue weighted by Crippen LogP contribution is -2.58. The molecule has 33 heavy (non-hydrogen) atoms. The number of hydrogen-bond donors (Lipinski definition) is 0. The molecule has 3 aliphatic rings. The van der Waals surface area contributed by atoms with Crippen LogP contribution in [0, 0.1) is 11.8 Å². The Morgan fingerprint density at radius 1 is 0.939 bits per heavy atom. The van der Waals surface area contributed by atoms with Gasteiger partial charge in [0.1, 0.15) is 0 Å². The molecule has 0 spiro atoms. The van der Waals surface area contributed by atoms with Crippen molar-refractivity contribution in [3.63, 3.8) is 0 Å². The van der Waals surface area contributed by atoms with Crippen molar-refractivity contribution >= 4 is 11.4 Å². The van der Waals surface area contributed by atoms with E-state index in [-0.39, 0.29) is 5.41 Å². The molecule has 1 saturated carbocycles. The van der Waals surface area contributed by atoms with Crippen LogP contribution in [0.15, 0.2) is 83.9 Å². The van der Waals surface area contributed by atoms with Crippen LogP contribution in [0.2, 0.25) is 0 Å². The summed E-state index contributed by atoms with van der Waals surface area (Å²) in [5, 5.41) is 0. The molecule has 0 unspecified atom stereocenters. The minimum absolute atomic E-state index is 0.240. The predicted molar refractivity (Wildman–Crippen MR) is 138 cm³/mol. The van der Waals surface area contributed by atoms with Gasteiger partial charge < -0.3 is 0 Å². The van der Waals surface area contributed by atoms with Crippen LogP contribution in [0.3, 0.4) is 0 Å². The van der Waals surface area contributed by atoms with Crippen molar-refractivity contribution < 1.29 is 0 Å². The van der Waals surface area contributed by atoms with Crippen molar-refractivity contribution in [2.45, 2.75) is 51.0 Å². The fourth-order valence-electron chi connectivity index (χ4n) is 6.24. The molecule has 3 aromatic carbocycles. The summed E-state index contributed by atoms with van der Waals surface area (Å²) < 4.78 is 0. The highest BCUT2D eigenvalue weighted by Crippen LogP contribution is 2.50. The van der Waals surface area contributed by atoms with Crippen LogP contribution in [0.1, 0.15) is 55.4 Å². The van der Waals surface area contributed by atoms with Crippen LogP contribution in [-0.2, 0) is 11.8 Å². The van der Waals surface area contributed by atoms with Crippen LogP contribution in [-0.4, -0.2) is 29.7 Å². The molecule has 3 atom stereocenters. The average molecular weight is 435 g/mol. The van der Waals surface area contributed by atoms with Crippen LogP contribution >= 0.6 is 0 Å². The van der Waals surface area contributed by atoms with Gasteiger partial charge in [-0.1, -0.05) is 80.6 Å². The Bertz CT molecular complexity index is 1120. The third kappa shape index (κ3) is 3.85. The van der Waals surface area contributed by atoms with E-state index in [9.17, 15) is 0 Å². The van der Waals surface area contributed by atoms with Gasteiger partial charge in [-0.15, -0.1) is 0 Å². The van der Waals surface area contributed by atoms with E-state index in [2.05, 4.69) is 97.6 Å². The smallest absolute Gasteiger partial charge is 0.0781 e. The minimum atomic E-state index is 0.240. The molecule has 2 aliphatic carbocycles. The van der Waals surface area contributed by atoms with Gasteiger partial charge in [0.2, 0.25) is 0 Å². The molecule has 2 bridgehead atoms. The first-order valence-corrected chi connectivity index (χ1v) is 12.7. The zero-order chi connectivity index (χ0) is 22.4. The van der Waals surface area contributed by atoms with E-state index in [1.165, 1.54) is 38.8 Å². The monoisotopic (exact) mass is 434 g/mol. The first kappa shape index (κ1) is 20.9. The van der Waals surface area contributed by atoms with Gasteiger partial charge in [0, 0.05) is 23.7 Å². The Hall–Kier alpha value is -2.71. The molecule has 1 heterocycles. The van der Waals surface area contributed by atoms with Crippen molar-refractivity contribution in [3.8, 4) is 0 Å². The van der Waals surface area contributed by atoms with Gasteiger partial charge in [0.15, 0.2) is 0 Å². The Morgan fingerprint density at radius 3 is 2.24 bits per heavy atom. The van der Waals surface area contributed by atoms with E-state index in [4.69, 9.17) is 4.99 Å². The molecule has 3 aromatic rings. The van der Waals surface area contributed by atoms with Crippen LogP contribution in [0.5, 0.6) is 0 Å². The van der Waals surface area contributed by atoms with E-state index in [1.807, 2.05) is 0 Å². The Labute approximate surface area is 198 Å². The molecule has 2 heteroatoms. The molecule has 6 rings (SSSR count). The Kier molecular flexibility index (Phi) is 5.22. The normalized spacial score (nSPS) is 26.5. The third-order valence-corrected chi connectivity index (χ3v) is 8.63. The summed E-state index contributed by atoms with van der Waals surface area (Å²) in [5.41, 5.74) is 7.76. The van der Waals surface area contributed by atoms with Gasteiger partial charge in [0.25, 0.3) is 0 Å². The second-order valence-electron chi connectivity index (χ2n) is 10.7. The summed E-state index contributed by atoms with van der Waals surface area (Å²) in [6, 6.07) is 28.9. The molecular formula is C31H34N2. The highest BCUT2D eigenvalue weighted by Gasteiger charge is 2.49. The molecule has 2 nitrogen and oxygen atoms in total. The van der Waals surface area contributed by atoms with E-state index < -0.39 is 0 Å². The molecular weight excluding hydrogens is 400 g/mol. The van der Waals surface area contributed by atoms with Crippen molar-refractivity contribution in [2.24, 2.45) is 16.8 Å². The molecule has 1 aliphatic heterocycles. The van der Waals surface area contributed by atoms with E-state index >= 15 is 0 Å². The maximum Gasteiger partial charge on any atom is 0.0781 e. The molecule has 0 radical (unpaired) electrons. The number of piperidine rings is 1. The SMILES string of the molecule is C[C@H]1[C@H]2Cc3ccc(N=C(c4ccccc4)c4ccccc4)cc3[C@]1(C)CCN2CC1CC1. The maximum absolute atomic E-state index is 5.24. The van der Waals surface area contributed by atoms with E-state index in [0.717, 1.165) is 28.4 Å². The topological polar surface area (TPSA) is 15.6 Å². The summed E-state index contributed by atoms with van der Waals surface area (Å²) in [4.78, 5) is 8.06. The minimum Gasteiger partial charge on any atom is -0.299 e. The number of benzene rings is 3. The summed E-state index contributed by atoms with van der Waals surface area (Å²) in [6.07, 6.45) is 5.32. The summed E-state index contributed by atoms with van der Waals surface area (Å²) >= 11 is 0. The Balaban J connectivity index is 1.39. The molecule has 0 amide bonds. The van der Waals surface area contributed by atoms with Crippen molar-refractivity contribution in [2.75, 3.05) is 13.1 Å². The van der Waals surface area contributed by atoms with Crippen molar-refractivity contribution in [3.05, 3.63) is 101 Å². The van der Waals surface area contributed by atoms with E-state index in [1.54, 1.807) is 11.1 Å². The molecule has 0 N–H and O–H groups in total. The van der Waals surface area contributed by atoms with Crippen LogP contribution in [0.4, 0.5) is 5.69 Å². The second kappa shape index (κ2) is 8.25. The fourth-order valence-corrected chi connectivity index (χ4v) is 6.24. The van der Waals surface area contributed by atoms with Crippen LogP contribution < -0.4 is 0 Å². The quantitative estimate of drug-likeness (QED) is 0.404. The van der Waals surface area contributed by atoms with Gasteiger partial charge in [0.05, 0.1) is 11.4 Å². The number of likely N-dealkylation sites (tertiary alicyclic amines) is 1. The summed E-state index contributed by atoms with van der Waals surface area (Å²) in [7, 11) is 0. The lowest BCUT2D eigenvalue weighted by molar-refractivity contribution is 0.0284. The van der Waals surface area contributed by atoms with E-state index in [0.29, 0.717) is 12.0 Å². The highest BCUT2D eigenvalue weighted by atomic mass is 15.2. The summed E-state index contributed by atoms with van der Waals surface area (Å²) in [6.45, 7) is 7.58. The molecule has 2 fully saturated rings. The molecule has 0 aromatic heterocycles. The second-order valence-corrected chi connectivity index (χ2v) is 10.7. The third-order valence-electron chi connectivity index (χ3n) is 8.63.